The molecule has 0 atom stereocenters. The Balaban J connectivity index is 1.83. The van der Waals surface area contributed by atoms with Crippen LogP contribution in [0.15, 0.2) is 53.6 Å². The zero-order valence-electron chi connectivity index (χ0n) is 16.7. The summed E-state index contributed by atoms with van der Waals surface area (Å²) < 4.78 is 53.3. The molecule has 32 heavy (non-hydrogen) atoms. The van der Waals surface area contributed by atoms with Gasteiger partial charge in [-0.3, -0.25) is 14.8 Å². The lowest BCUT2D eigenvalue weighted by molar-refractivity contribution is -0.141. The molecule has 3 aromatic heterocycles. The van der Waals surface area contributed by atoms with Gasteiger partial charge in [0.2, 0.25) is 0 Å². The van der Waals surface area contributed by atoms with Crippen molar-refractivity contribution < 1.29 is 17.6 Å². The minimum Gasteiger partial charge on any atom is -0.399 e. The lowest BCUT2D eigenvalue weighted by Crippen LogP contribution is -2.14. The predicted octanol–water partition coefficient (Wildman–Crippen LogP) is 5.03. The molecule has 0 unspecified atom stereocenters. The molecule has 0 aliphatic carbocycles. The molecule has 0 aliphatic rings. The summed E-state index contributed by atoms with van der Waals surface area (Å²) in [4.78, 5) is 22.8. The van der Waals surface area contributed by atoms with Crippen molar-refractivity contribution in [2.45, 2.75) is 19.5 Å². The fourth-order valence-corrected chi connectivity index (χ4v) is 3.36. The maximum absolute atomic E-state index is 14.4. The molecule has 4 aromatic rings. The SMILES string of the molecule is CCc1[nH]c(=O)c(-c2cc(N)ccc2F)cc1Nc1ccnc2cc(C(F)(F)F)ncc12. The lowest BCUT2D eigenvalue weighted by atomic mass is 10.0. The number of H-pyrrole nitrogens is 1. The Morgan fingerprint density at radius 3 is 2.56 bits per heavy atom. The summed E-state index contributed by atoms with van der Waals surface area (Å²) in [5.74, 6) is -0.613. The third-order valence-electron chi connectivity index (χ3n) is 4.94. The Bertz CT molecular complexity index is 1380. The van der Waals surface area contributed by atoms with Crippen LogP contribution in [-0.2, 0) is 12.6 Å². The third kappa shape index (κ3) is 3.98. The van der Waals surface area contributed by atoms with Gasteiger partial charge in [0, 0.05) is 34.7 Å². The maximum Gasteiger partial charge on any atom is 0.433 e. The minimum absolute atomic E-state index is 0.0352. The van der Waals surface area contributed by atoms with E-state index in [9.17, 15) is 22.4 Å². The molecule has 1 aromatic carbocycles. The van der Waals surface area contributed by atoms with Gasteiger partial charge < -0.3 is 16.0 Å². The molecule has 0 bridgehead atoms. The number of hydrogen-bond acceptors (Lipinski definition) is 5. The zero-order chi connectivity index (χ0) is 23.0. The number of aryl methyl sites for hydroxylation is 1. The van der Waals surface area contributed by atoms with E-state index in [-0.39, 0.29) is 16.6 Å². The number of alkyl halides is 3. The Labute approximate surface area is 179 Å². The van der Waals surface area contributed by atoms with Gasteiger partial charge in [0.25, 0.3) is 5.56 Å². The molecule has 0 saturated heterocycles. The number of aromatic nitrogens is 3. The standard InChI is InChI=1S/C22H17F4N5O/c1-2-16-19(8-13(21(32)31-16)12-7-11(27)3-4-15(12)23)30-17-5-6-28-18-9-20(22(24,25)26)29-10-14(17)18/h3-10H,2,27H2,1H3,(H,28,30)(H,31,32). The number of fused-ring (bicyclic) bond motifs is 1. The van der Waals surface area contributed by atoms with Crippen molar-refractivity contribution >= 4 is 28.0 Å². The summed E-state index contributed by atoms with van der Waals surface area (Å²) in [6.45, 7) is 1.82. The van der Waals surface area contributed by atoms with E-state index < -0.39 is 23.2 Å². The van der Waals surface area contributed by atoms with Crippen LogP contribution in [0.5, 0.6) is 0 Å². The van der Waals surface area contributed by atoms with Crippen molar-refractivity contribution in [2.75, 3.05) is 11.1 Å². The number of benzene rings is 1. The molecule has 3 heterocycles. The van der Waals surface area contributed by atoms with E-state index in [0.717, 1.165) is 12.3 Å². The Morgan fingerprint density at radius 1 is 1.06 bits per heavy atom. The first-order chi connectivity index (χ1) is 15.2. The Kier molecular flexibility index (Phi) is 5.29. The monoisotopic (exact) mass is 443 g/mol. The second-order valence-corrected chi connectivity index (χ2v) is 7.07. The van der Waals surface area contributed by atoms with Gasteiger partial charge in [-0.2, -0.15) is 13.2 Å². The molecule has 0 fully saturated rings. The lowest BCUT2D eigenvalue weighted by Gasteiger charge is -2.15. The van der Waals surface area contributed by atoms with Gasteiger partial charge in [0.1, 0.15) is 11.5 Å². The van der Waals surface area contributed by atoms with E-state index >= 15 is 0 Å². The van der Waals surface area contributed by atoms with E-state index in [1.807, 2.05) is 6.92 Å². The van der Waals surface area contributed by atoms with E-state index in [1.165, 1.54) is 30.5 Å². The van der Waals surface area contributed by atoms with Crippen LogP contribution in [0.3, 0.4) is 0 Å². The van der Waals surface area contributed by atoms with Crippen molar-refractivity contribution in [3.63, 3.8) is 0 Å². The summed E-state index contributed by atoms with van der Waals surface area (Å²) >= 11 is 0. The molecule has 164 valence electrons. The molecule has 0 saturated carbocycles. The van der Waals surface area contributed by atoms with E-state index in [2.05, 4.69) is 20.3 Å². The van der Waals surface area contributed by atoms with Crippen LogP contribution in [-0.4, -0.2) is 15.0 Å². The number of hydrogen-bond donors (Lipinski definition) is 3. The Morgan fingerprint density at radius 2 is 1.84 bits per heavy atom. The van der Waals surface area contributed by atoms with Gasteiger partial charge in [-0.15, -0.1) is 0 Å². The topological polar surface area (TPSA) is 96.7 Å². The number of nitrogens with two attached hydrogens (primary N) is 1. The number of nitrogen functional groups attached to an aromatic ring is 1. The van der Waals surface area contributed by atoms with Crippen molar-refractivity contribution in [3.05, 3.63) is 76.4 Å². The first-order valence-electron chi connectivity index (χ1n) is 9.58. The van der Waals surface area contributed by atoms with Crippen molar-refractivity contribution in [1.82, 2.24) is 15.0 Å². The summed E-state index contributed by atoms with van der Waals surface area (Å²) in [7, 11) is 0. The van der Waals surface area contributed by atoms with Crippen molar-refractivity contribution in [1.29, 1.82) is 0 Å². The maximum atomic E-state index is 14.4. The zero-order valence-corrected chi connectivity index (χ0v) is 16.7. The number of rotatable bonds is 4. The van der Waals surface area contributed by atoms with Crippen LogP contribution in [0.4, 0.5) is 34.6 Å². The minimum atomic E-state index is -4.59. The highest BCUT2D eigenvalue weighted by atomic mass is 19.4. The van der Waals surface area contributed by atoms with Crippen LogP contribution in [0, 0.1) is 5.82 Å². The van der Waals surface area contributed by atoms with Crippen LogP contribution in [0.1, 0.15) is 18.3 Å². The molecular weight excluding hydrogens is 426 g/mol. The molecule has 0 spiro atoms. The summed E-state index contributed by atoms with van der Waals surface area (Å²) in [6, 6.07) is 7.84. The molecule has 4 N–H and O–H groups in total. The number of anilines is 3. The molecule has 6 nitrogen and oxygen atoms in total. The van der Waals surface area contributed by atoms with Crippen molar-refractivity contribution in [2.24, 2.45) is 0 Å². The average molecular weight is 443 g/mol. The third-order valence-corrected chi connectivity index (χ3v) is 4.94. The highest BCUT2D eigenvalue weighted by molar-refractivity contribution is 5.93. The van der Waals surface area contributed by atoms with E-state index in [4.69, 9.17) is 5.73 Å². The van der Waals surface area contributed by atoms with Crippen LogP contribution in [0.2, 0.25) is 0 Å². The van der Waals surface area contributed by atoms with Gasteiger partial charge in [0.05, 0.1) is 22.5 Å². The van der Waals surface area contributed by atoms with Gasteiger partial charge in [0.15, 0.2) is 0 Å². The molecule has 0 amide bonds. The highest BCUT2D eigenvalue weighted by Gasteiger charge is 2.32. The molecule has 10 heteroatoms. The van der Waals surface area contributed by atoms with Crippen molar-refractivity contribution in [3.8, 4) is 11.1 Å². The summed E-state index contributed by atoms with van der Waals surface area (Å²) in [5.41, 5.74) is 6.11. The molecule has 0 aliphatic heterocycles. The van der Waals surface area contributed by atoms with E-state index in [1.54, 1.807) is 6.07 Å². The number of nitrogens with one attached hydrogen (secondary N) is 2. The van der Waals surface area contributed by atoms with Gasteiger partial charge in [-0.25, -0.2) is 4.39 Å². The first-order valence-corrected chi connectivity index (χ1v) is 9.58. The number of halogens is 4. The predicted molar refractivity (Wildman–Crippen MR) is 114 cm³/mol. The molecule has 0 radical (unpaired) electrons. The van der Waals surface area contributed by atoms with Gasteiger partial charge in [-0.05, 0) is 42.8 Å². The van der Waals surface area contributed by atoms with Crippen LogP contribution < -0.4 is 16.6 Å². The van der Waals surface area contributed by atoms with Gasteiger partial charge >= 0.3 is 6.18 Å². The average Bonchev–Trinajstić information content (AvgIpc) is 2.75. The first kappa shape index (κ1) is 21.3. The van der Waals surface area contributed by atoms with Crippen LogP contribution in [0.25, 0.3) is 22.0 Å². The second kappa shape index (κ2) is 7.95. The number of pyridine rings is 3. The normalized spacial score (nSPS) is 11.7. The largest absolute Gasteiger partial charge is 0.433 e. The molecule has 4 rings (SSSR count). The van der Waals surface area contributed by atoms with Crippen LogP contribution >= 0.6 is 0 Å². The summed E-state index contributed by atoms with van der Waals surface area (Å²) in [6.07, 6.45) is -1.70. The highest BCUT2D eigenvalue weighted by Crippen LogP contribution is 2.33. The van der Waals surface area contributed by atoms with E-state index in [0.29, 0.717) is 34.6 Å². The summed E-state index contributed by atoms with van der Waals surface area (Å²) in [5, 5.41) is 3.46. The van der Waals surface area contributed by atoms with Gasteiger partial charge in [-0.1, -0.05) is 6.92 Å². The Hall–Kier alpha value is -3.95. The number of aromatic amines is 1. The fraction of sp³-hybridized carbons (Fsp3) is 0.136. The smallest absolute Gasteiger partial charge is 0.399 e. The molecular formula is C22H17F4N5O. The second-order valence-electron chi connectivity index (χ2n) is 7.07. The number of nitrogens with zero attached hydrogens (tertiary/aromatic N) is 2. The fourth-order valence-electron chi connectivity index (χ4n) is 3.36. The quantitative estimate of drug-likeness (QED) is 0.304.